The molecule has 31 heavy (non-hydrogen) atoms. The first kappa shape index (κ1) is 19.4. The zero-order valence-corrected chi connectivity index (χ0v) is 17.8. The van der Waals surface area contributed by atoms with Gasteiger partial charge in [0.1, 0.15) is 11.4 Å². The molecule has 1 saturated heterocycles. The molecule has 0 spiro atoms. The van der Waals surface area contributed by atoms with Crippen molar-refractivity contribution in [2.24, 2.45) is 11.8 Å². The van der Waals surface area contributed by atoms with E-state index in [1.165, 1.54) is 10.4 Å². The first-order valence-electron chi connectivity index (χ1n) is 10.4. The minimum atomic E-state index is -0.00849. The first-order valence-corrected chi connectivity index (χ1v) is 10.4. The van der Waals surface area contributed by atoms with Crippen molar-refractivity contribution in [3.63, 3.8) is 0 Å². The third kappa shape index (κ3) is 3.48. The lowest BCUT2D eigenvalue weighted by Crippen LogP contribution is -2.30. The van der Waals surface area contributed by atoms with Gasteiger partial charge in [-0.3, -0.25) is 9.78 Å². The lowest BCUT2D eigenvalue weighted by molar-refractivity contribution is 0.0784. The van der Waals surface area contributed by atoms with Crippen molar-refractivity contribution >= 4 is 11.5 Å². The van der Waals surface area contributed by atoms with Crippen LogP contribution in [0.4, 0.5) is 0 Å². The third-order valence-electron chi connectivity index (χ3n) is 6.13. The van der Waals surface area contributed by atoms with E-state index >= 15 is 0 Å². The van der Waals surface area contributed by atoms with Crippen LogP contribution in [0.15, 0.2) is 42.9 Å². The highest BCUT2D eigenvalue weighted by Gasteiger charge is 2.39. The topological polar surface area (TPSA) is 86.0 Å². The summed E-state index contributed by atoms with van der Waals surface area (Å²) >= 11 is 0. The Balaban J connectivity index is 1.39. The fourth-order valence-corrected chi connectivity index (χ4v) is 4.59. The van der Waals surface area contributed by atoms with E-state index in [2.05, 4.69) is 21.3 Å². The van der Waals surface area contributed by atoms with Crippen molar-refractivity contribution in [1.82, 2.24) is 29.9 Å². The van der Waals surface area contributed by atoms with E-state index in [1.54, 1.807) is 43.9 Å². The molecule has 2 atom stereocenters. The van der Waals surface area contributed by atoms with Crippen LogP contribution in [-0.2, 0) is 0 Å². The largest absolute Gasteiger partial charge is 0.497 e. The predicted octanol–water partition coefficient (Wildman–Crippen LogP) is 2.86. The molecule has 0 bridgehead atoms. The zero-order valence-electron chi connectivity index (χ0n) is 17.8. The Hall–Kier alpha value is -3.55. The van der Waals surface area contributed by atoms with E-state index in [0.717, 1.165) is 30.0 Å². The van der Waals surface area contributed by atoms with Gasteiger partial charge in [0.25, 0.3) is 5.91 Å². The van der Waals surface area contributed by atoms with Crippen molar-refractivity contribution in [1.29, 1.82) is 0 Å². The lowest BCUT2D eigenvalue weighted by Gasteiger charge is -2.19. The summed E-state index contributed by atoms with van der Waals surface area (Å²) in [6.07, 6.45) is 8.20. The predicted molar refractivity (Wildman–Crippen MR) is 115 cm³/mol. The highest BCUT2D eigenvalue weighted by molar-refractivity contribution is 5.98. The van der Waals surface area contributed by atoms with E-state index in [0.29, 0.717) is 35.4 Å². The van der Waals surface area contributed by atoms with Gasteiger partial charge in [-0.15, -0.1) is 0 Å². The Morgan fingerprint density at radius 1 is 1.16 bits per heavy atom. The van der Waals surface area contributed by atoms with Gasteiger partial charge in [0.2, 0.25) is 0 Å². The molecule has 158 valence electrons. The number of hydrogen-bond donors (Lipinski definition) is 0. The summed E-state index contributed by atoms with van der Waals surface area (Å²) in [5.74, 6) is 1.39. The number of likely N-dealkylation sites (tertiary alicyclic amines) is 1. The van der Waals surface area contributed by atoms with E-state index in [4.69, 9.17) is 9.72 Å². The molecule has 1 aliphatic carbocycles. The summed E-state index contributed by atoms with van der Waals surface area (Å²) < 4.78 is 5.33. The molecule has 1 fully saturated rings. The number of amides is 1. The molecule has 5 rings (SSSR count). The van der Waals surface area contributed by atoms with Crippen LogP contribution in [0.2, 0.25) is 0 Å². The molecule has 0 saturated carbocycles. The molecule has 8 nitrogen and oxygen atoms in total. The van der Waals surface area contributed by atoms with Crippen molar-refractivity contribution in [2.45, 2.75) is 20.3 Å². The molecule has 8 heteroatoms. The summed E-state index contributed by atoms with van der Waals surface area (Å²) in [5, 5.41) is 8.41. The first-order chi connectivity index (χ1) is 15.0. The van der Waals surface area contributed by atoms with E-state index < -0.39 is 0 Å². The van der Waals surface area contributed by atoms with Crippen LogP contribution in [0.3, 0.4) is 0 Å². The van der Waals surface area contributed by atoms with Gasteiger partial charge >= 0.3 is 0 Å². The molecule has 2 aromatic heterocycles. The summed E-state index contributed by atoms with van der Waals surface area (Å²) in [7, 11) is 1.60. The lowest BCUT2D eigenvalue weighted by atomic mass is 9.99. The Bertz CT molecular complexity index is 1170. The highest BCUT2D eigenvalue weighted by atomic mass is 16.5. The molecule has 1 amide bonds. The zero-order chi connectivity index (χ0) is 21.5. The fourth-order valence-electron chi connectivity index (χ4n) is 4.59. The number of ether oxygens (including phenoxy) is 1. The number of fused-ring (bicyclic) bond motifs is 1. The summed E-state index contributed by atoms with van der Waals surface area (Å²) in [6, 6.07) is 5.39. The third-order valence-corrected chi connectivity index (χ3v) is 6.13. The number of rotatable bonds is 4. The molecule has 2 aliphatic rings. The Morgan fingerprint density at radius 2 is 1.97 bits per heavy atom. The Morgan fingerprint density at radius 3 is 2.71 bits per heavy atom. The van der Waals surface area contributed by atoms with Crippen molar-refractivity contribution in [2.75, 3.05) is 20.2 Å². The SMILES string of the molecule is COc1ccc(C(=O)N2CC3C=C(c4nc(C)cnc4C)CC3C2)c(-n2nccn2)c1. The molecule has 0 N–H and O–H groups in total. The number of aromatic nitrogens is 5. The van der Waals surface area contributed by atoms with E-state index in [-0.39, 0.29) is 5.91 Å². The number of methoxy groups -OCH3 is 1. The van der Waals surface area contributed by atoms with Gasteiger partial charge in [0.15, 0.2) is 0 Å². The highest BCUT2D eigenvalue weighted by Crippen LogP contribution is 2.41. The van der Waals surface area contributed by atoms with Crippen LogP contribution in [-0.4, -0.2) is 56.0 Å². The number of carbonyl (C=O) groups excluding carboxylic acids is 1. The molecule has 2 unspecified atom stereocenters. The maximum atomic E-state index is 13.4. The second-order valence-corrected chi connectivity index (χ2v) is 8.18. The van der Waals surface area contributed by atoms with Crippen LogP contribution in [0, 0.1) is 25.7 Å². The normalized spacial score (nSPS) is 20.0. The number of hydrogen-bond acceptors (Lipinski definition) is 6. The number of carbonyl (C=O) groups is 1. The van der Waals surface area contributed by atoms with Crippen LogP contribution in [0.25, 0.3) is 11.3 Å². The number of benzene rings is 1. The quantitative estimate of drug-likeness (QED) is 0.650. The number of aryl methyl sites for hydroxylation is 2. The summed E-state index contributed by atoms with van der Waals surface area (Å²) in [5.41, 5.74) is 5.32. The van der Waals surface area contributed by atoms with Gasteiger partial charge in [0.05, 0.1) is 42.1 Å². The number of nitrogens with zero attached hydrogens (tertiary/aromatic N) is 6. The van der Waals surface area contributed by atoms with Gasteiger partial charge in [-0.05, 0) is 49.8 Å². The molecule has 3 aromatic rings. The van der Waals surface area contributed by atoms with Gasteiger partial charge in [-0.25, -0.2) is 4.98 Å². The Labute approximate surface area is 180 Å². The van der Waals surface area contributed by atoms with Crippen molar-refractivity contribution < 1.29 is 9.53 Å². The average molecular weight is 416 g/mol. The van der Waals surface area contributed by atoms with Crippen LogP contribution in [0.5, 0.6) is 5.75 Å². The molecule has 0 radical (unpaired) electrons. The van der Waals surface area contributed by atoms with E-state index in [1.807, 2.05) is 18.7 Å². The van der Waals surface area contributed by atoms with Gasteiger partial charge in [-0.1, -0.05) is 6.08 Å². The van der Waals surface area contributed by atoms with Crippen LogP contribution in [0.1, 0.15) is 33.9 Å². The van der Waals surface area contributed by atoms with E-state index in [9.17, 15) is 4.79 Å². The molecule has 3 heterocycles. The minimum Gasteiger partial charge on any atom is -0.497 e. The van der Waals surface area contributed by atoms with Gasteiger partial charge in [0, 0.05) is 25.4 Å². The molecule has 1 aliphatic heterocycles. The molecular weight excluding hydrogens is 392 g/mol. The smallest absolute Gasteiger partial charge is 0.256 e. The number of allylic oxidation sites excluding steroid dienone is 1. The fraction of sp³-hybridized carbons (Fsp3) is 0.348. The second kappa shape index (κ2) is 7.61. The van der Waals surface area contributed by atoms with Crippen LogP contribution < -0.4 is 4.74 Å². The molecule has 1 aromatic carbocycles. The van der Waals surface area contributed by atoms with Crippen LogP contribution >= 0.6 is 0 Å². The maximum absolute atomic E-state index is 13.4. The second-order valence-electron chi connectivity index (χ2n) is 8.18. The molecular formula is C23H24N6O2. The summed E-state index contributed by atoms with van der Waals surface area (Å²) in [6.45, 7) is 5.39. The maximum Gasteiger partial charge on any atom is 0.256 e. The van der Waals surface area contributed by atoms with Crippen molar-refractivity contribution in [3.8, 4) is 11.4 Å². The van der Waals surface area contributed by atoms with Gasteiger partial charge < -0.3 is 9.64 Å². The summed E-state index contributed by atoms with van der Waals surface area (Å²) in [4.78, 5) is 26.0. The Kier molecular flexibility index (Phi) is 4.77. The average Bonchev–Trinajstić information content (AvgIpc) is 3.51. The van der Waals surface area contributed by atoms with Gasteiger partial charge in [-0.2, -0.15) is 15.0 Å². The monoisotopic (exact) mass is 416 g/mol. The minimum absolute atomic E-state index is 0.00849. The van der Waals surface area contributed by atoms with Crippen molar-refractivity contribution in [3.05, 3.63) is 65.5 Å². The standard InChI is InChI=1S/C23H24N6O2/c1-14-11-24-15(2)22(27-14)16-8-17-12-28(13-18(17)9-16)23(30)20-5-4-19(31-3)10-21(20)29-25-6-7-26-29/h4-8,10-11,17-18H,9,12-13H2,1-3H3.